The Labute approximate surface area is 218 Å². The van der Waals surface area contributed by atoms with E-state index in [0.717, 1.165) is 24.4 Å². The number of hydrogen-bond acceptors (Lipinski definition) is 4. The van der Waals surface area contributed by atoms with Crippen molar-refractivity contribution in [3.63, 3.8) is 0 Å². The van der Waals surface area contributed by atoms with E-state index in [9.17, 15) is 5.11 Å². The molecule has 0 aromatic heterocycles. The molecule has 1 aliphatic rings. The predicted molar refractivity (Wildman–Crippen MR) is 140 cm³/mol. The number of methoxy groups -OCH3 is 1. The molecule has 1 N–H and O–H groups in total. The van der Waals surface area contributed by atoms with E-state index in [-0.39, 0.29) is 28.1 Å². The van der Waals surface area contributed by atoms with Crippen LogP contribution in [-0.4, -0.2) is 30.9 Å². The number of allylic oxidation sites excluding steroid dienone is 2. The summed E-state index contributed by atoms with van der Waals surface area (Å²) in [7, 11) is 1.70. The van der Waals surface area contributed by atoms with Crippen LogP contribution in [0.5, 0.6) is 5.75 Å². The number of aryl methyl sites for hydroxylation is 1. The molecule has 1 unspecified atom stereocenters. The van der Waals surface area contributed by atoms with Crippen molar-refractivity contribution in [3.05, 3.63) is 107 Å². The molecule has 0 spiro atoms. The zero-order valence-corrected chi connectivity index (χ0v) is 21.6. The summed E-state index contributed by atoms with van der Waals surface area (Å²) in [6.07, 6.45) is 4.50. The monoisotopic (exact) mass is 512 g/mol. The van der Waals surface area contributed by atoms with E-state index in [1.54, 1.807) is 25.5 Å². The molecule has 3 aromatic rings. The van der Waals surface area contributed by atoms with Crippen molar-refractivity contribution in [2.75, 3.05) is 18.6 Å². The number of benzene rings is 3. The van der Waals surface area contributed by atoms with Crippen molar-refractivity contribution in [1.29, 1.82) is 0 Å². The summed E-state index contributed by atoms with van der Waals surface area (Å²) >= 11 is 0. The Morgan fingerprint density at radius 2 is 1.77 bits per heavy atom. The van der Waals surface area contributed by atoms with Crippen LogP contribution in [-0.2, 0) is 28.6 Å². The largest absolute Gasteiger partial charge is 0.497 e. The van der Waals surface area contributed by atoms with Crippen LogP contribution in [0.3, 0.4) is 0 Å². The van der Waals surface area contributed by atoms with Gasteiger partial charge in [-0.15, -0.1) is 5.10 Å². The molecule has 1 heterocycles. The van der Waals surface area contributed by atoms with Crippen molar-refractivity contribution >= 4 is 17.8 Å². The smallest absolute Gasteiger partial charge is 0.238 e. The maximum absolute atomic E-state index is 10.2. The average molecular weight is 513 g/mol. The van der Waals surface area contributed by atoms with E-state index in [0.29, 0.717) is 5.56 Å². The van der Waals surface area contributed by atoms with Gasteiger partial charge < -0.3 is 14.7 Å². The van der Waals surface area contributed by atoms with E-state index in [1.165, 1.54) is 22.4 Å². The number of likely N-dealkylation sites (N-methyl/N-ethyl adjacent to an activating group) is 1. The van der Waals surface area contributed by atoms with Gasteiger partial charge in [-0.3, -0.25) is 0 Å². The van der Waals surface area contributed by atoms with E-state index in [2.05, 4.69) is 72.3 Å². The Morgan fingerprint density at radius 1 is 1.06 bits per heavy atom. The summed E-state index contributed by atoms with van der Waals surface area (Å²) in [4.78, 5) is 2.32. The first-order valence-electron chi connectivity index (χ1n) is 11.5. The van der Waals surface area contributed by atoms with E-state index >= 15 is 0 Å². The molecule has 4 rings (SSSR count). The summed E-state index contributed by atoms with van der Waals surface area (Å²) in [5.41, 5.74) is 6.40. The molecule has 0 saturated carbocycles. The predicted octanol–water partition coefficient (Wildman–Crippen LogP) is 6.22. The third-order valence-electron chi connectivity index (χ3n) is 6.42. The van der Waals surface area contributed by atoms with Crippen LogP contribution in [0.15, 0.2) is 94.8 Å². The second kappa shape index (κ2) is 11.4. The van der Waals surface area contributed by atoms with Crippen molar-refractivity contribution in [3.8, 4) is 5.75 Å². The van der Waals surface area contributed by atoms with Gasteiger partial charge >= 0.3 is 0 Å². The normalized spacial score (nSPS) is 18.6. The molecule has 1 aliphatic heterocycles. The minimum Gasteiger partial charge on any atom is -0.497 e. The van der Waals surface area contributed by atoms with Gasteiger partial charge in [0.15, 0.2) is 0 Å². The maximum Gasteiger partial charge on any atom is 0.238 e. The molecule has 0 bridgehead atoms. The van der Waals surface area contributed by atoms with Gasteiger partial charge in [0.05, 0.1) is 13.3 Å². The van der Waals surface area contributed by atoms with E-state index in [4.69, 9.17) is 4.74 Å². The Kier molecular flexibility index (Phi) is 8.54. The van der Waals surface area contributed by atoms with E-state index in [1.807, 2.05) is 30.3 Å². The van der Waals surface area contributed by atoms with Gasteiger partial charge in [0.25, 0.3) is 0 Å². The first-order valence-corrected chi connectivity index (χ1v) is 11.5. The van der Waals surface area contributed by atoms with Crippen molar-refractivity contribution in [1.82, 2.24) is 0 Å². The number of aliphatic hydroxyl groups excluding tert-OH is 1. The molecule has 0 fully saturated rings. The van der Waals surface area contributed by atoms with Crippen LogP contribution in [0.4, 0.5) is 5.69 Å². The van der Waals surface area contributed by atoms with Crippen LogP contribution < -0.4 is 9.64 Å². The molecule has 35 heavy (non-hydrogen) atoms. The quantitative estimate of drug-likeness (QED) is 0.233. The summed E-state index contributed by atoms with van der Waals surface area (Å²) in [6, 6.07) is 24.2. The van der Waals surface area contributed by atoms with Gasteiger partial charge in [0.2, 0.25) is 5.90 Å². The zero-order chi connectivity index (χ0) is 24.1. The number of nitrogens with zero attached hydrogens (tertiary/aromatic N) is 3. The fourth-order valence-corrected chi connectivity index (χ4v) is 4.64. The summed E-state index contributed by atoms with van der Waals surface area (Å²) in [5.74, 6) is 0.738. The fourth-order valence-electron chi connectivity index (χ4n) is 4.64. The van der Waals surface area contributed by atoms with Gasteiger partial charge in [-0.05, 0) is 74.7 Å². The molecular weight excluding hydrogens is 481 g/mol. The minimum absolute atomic E-state index is 0. The zero-order valence-electron chi connectivity index (χ0n) is 20.5. The number of hydrogen-bond donors (Lipinski definition) is 1. The van der Waals surface area contributed by atoms with E-state index < -0.39 is 0 Å². The molecule has 183 valence electrons. The molecule has 0 amide bonds. The molecule has 0 aliphatic carbocycles. The third kappa shape index (κ3) is 5.50. The number of fused-ring (bicyclic) bond motifs is 1. The molecular formula is C29H31CoN3O2. The number of rotatable bonds is 7. The Hall–Kier alpha value is -3.35. The number of aliphatic hydroxyl groups is 1. The topological polar surface area (TPSA) is 57.4 Å². The molecule has 6 heteroatoms. The molecule has 1 radical (unpaired) electrons. The van der Waals surface area contributed by atoms with Gasteiger partial charge in [0, 0.05) is 45.7 Å². The van der Waals surface area contributed by atoms with Gasteiger partial charge in [-0.2, -0.15) is 5.10 Å². The van der Waals surface area contributed by atoms with Crippen molar-refractivity contribution in [2.24, 2.45) is 10.2 Å². The first-order chi connectivity index (χ1) is 16.5. The van der Waals surface area contributed by atoms with Crippen LogP contribution in [0, 0.1) is 6.92 Å². The molecule has 1 atom stereocenters. The second-order valence-electron chi connectivity index (χ2n) is 8.73. The molecule has 5 nitrogen and oxygen atoms in total. The Morgan fingerprint density at radius 3 is 2.43 bits per heavy atom. The minimum atomic E-state index is -0.285. The van der Waals surface area contributed by atoms with Gasteiger partial charge in [-0.25, -0.2) is 0 Å². The number of ether oxygens (including phenoxy) is 1. The van der Waals surface area contributed by atoms with Crippen molar-refractivity contribution < 1.29 is 26.6 Å². The second-order valence-corrected chi connectivity index (χ2v) is 8.73. The summed E-state index contributed by atoms with van der Waals surface area (Å²) in [6.45, 7) is 7.34. The molecule has 0 saturated heterocycles. The van der Waals surface area contributed by atoms with Crippen LogP contribution in [0.2, 0.25) is 0 Å². The molecule has 3 aromatic carbocycles. The SMILES string of the molecule is CCN1\C(=C/C=N/N=C(\O)c2ccccc2)C(C)(Cc2ccc(C)cc2)c2cc(OC)ccc21.[Co]. The fraction of sp³-hybridized carbons (Fsp3) is 0.241. The number of anilines is 1. The summed E-state index contributed by atoms with van der Waals surface area (Å²) < 4.78 is 5.56. The van der Waals surface area contributed by atoms with Crippen LogP contribution >= 0.6 is 0 Å². The Bertz CT molecular complexity index is 1240. The van der Waals surface area contributed by atoms with Gasteiger partial charge in [-0.1, -0.05) is 48.0 Å². The maximum atomic E-state index is 10.2. The standard InChI is InChI=1S/C29H31N3O2.Co/c1-5-32-26-16-15-24(34-4)19-25(26)29(3,20-22-13-11-21(2)12-14-22)27(32)17-18-30-31-28(33)23-9-7-6-8-10-23;/h6-19H,5,20H2,1-4H3,(H,31,33);/b27-17-,30-18+;. The van der Waals surface area contributed by atoms with Crippen LogP contribution in [0.25, 0.3) is 0 Å². The van der Waals surface area contributed by atoms with Crippen LogP contribution in [0.1, 0.15) is 36.1 Å². The van der Waals surface area contributed by atoms with Crippen molar-refractivity contribution in [2.45, 2.75) is 32.6 Å². The average Bonchev–Trinajstić information content (AvgIpc) is 3.10. The van der Waals surface area contributed by atoms with Gasteiger partial charge in [0.1, 0.15) is 5.75 Å². The third-order valence-corrected chi connectivity index (χ3v) is 6.42. The summed E-state index contributed by atoms with van der Waals surface area (Å²) in [5, 5.41) is 18.4. The first kappa shape index (κ1) is 26.3. The Balaban J connectivity index is 0.00000342.